The second-order valence-corrected chi connectivity index (χ2v) is 4.36. The fourth-order valence-corrected chi connectivity index (χ4v) is 2.08. The van der Waals surface area contributed by atoms with E-state index in [9.17, 15) is 9.90 Å². The van der Waals surface area contributed by atoms with Crippen molar-refractivity contribution in [3.05, 3.63) is 42.0 Å². The first kappa shape index (κ1) is 11.9. The molecule has 90 valence electrons. The van der Waals surface area contributed by atoms with Gasteiger partial charge in [-0.2, -0.15) is 0 Å². The Morgan fingerprint density at radius 1 is 1.29 bits per heavy atom. The average Bonchev–Trinajstić information content (AvgIpc) is 2.74. The number of hydrogen-bond acceptors (Lipinski definition) is 2. The molecule has 2 atom stereocenters. The third-order valence-electron chi connectivity index (χ3n) is 3.03. The summed E-state index contributed by atoms with van der Waals surface area (Å²) in [6, 6.07) is 9.59. The van der Waals surface area contributed by atoms with Gasteiger partial charge in [-0.3, -0.25) is 4.79 Å². The zero-order valence-corrected chi connectivity index (χ0v) is 9.67. The maximum Gasteiger partial charge on any atom is 0.244 e. The molecule has 0 saturated heterocycles. The third kappa shape index (κ3) is 3.43. The van der Waals surface area contributed by atoms with Crippen LogP contribution in [0.25, 0.3) is 6.08 Å². The lowest BCUT2D eigenvalue weighted by Crippen LogP contribution is -2.38. The zero-order valence-electron chi connectivity index (χ0n) is 9.67. The Hall–Kier alpha value is -1.61. The minimum absolute atomic E-state index is 0.0806. The van der Waals surface area contributed by atoms with E-state index in [2.05, 4.69) is 5.32 Å². The van der Waals surface area contributed by atoms with Crippen LogP contribution in [-0.2, 0) is 4.79 Å². The largest absolute Gasteiger partial charge is 0.391 e. The SMILES string of the molecule is O=C(/C=C/c1ccccc1)NC1CCCC1O. The lowest BCUT2D eigenvalue weighted by Gasteiger charge is -2.14. The molecule has 0 aromatic heterocycles. The topological polar surface area (TPSA) is 49.3 Å². The molecule has 1 aromatic rings. The highest BCUT2D eigenvalue weighted by Gasteiger charge is 2.25. The highest BCUT2D eigenvalue weighted by Crippen LogP contribution is 2.18. The Morgan fingerprint density at radius 2 is 2.06 bits per heavy atom. The molecule has 3 heteroatoms. The summed E-state index contributed by atoms with van der Waals surface area (Å²) in [6.45, 7) is 0. The fourth-order valence-electron chi connectivity index (χ4n) is 2.08. The molecule has 0 radical (unpaired) electrons. The standard InChI is InChI=1S/C14H17NO2/c16-13-8-4-7-12(13)15-14(17)10-9-11-5-2-1-3-6-11/h1-3,5-6,9-10,12-13,16H,4,7-8H2,(H,15,17)/b10-9+. The van der Waals surface area contributed by atoms with Crippen molar-refractivity contribution in [1.29, 1.82) is 0 Å². The highest BCUT2D eigenvalue weighted by molar-refractivity contribution is 5.91. The van der Waals surface area contributed by atoms with Crippen LogP contribution in [0, 0.1) is 0 Å². The van der Waals surface area contributed by atoms with Crippen LogP contribution in [0.2, 0.25) is 0 Å². The molecule has 1 aliphatic carbocycles. The van der Waals surface area contributed by atoms with Crippen molar-refractivity contribution in [2.24, 2.45) is 0 Å². The van der Waals surface area contributed by atoms with Gasteiger partial charge in [0, 0.05) is 6.08 Å². The van der Waals surface area contributed by atoms with Crippen LogP contribution >= 0.6 is 0 Å². The number of hydrogen-bond donors (Lipinski definition) is 2. The fraction of sp³-hybridized carbons (Fsp3) is 0.357. The van der Waals surface area contributed by atoms with E-state index in [0.29, 0.717) is 0 Å². The highest BCUT2D eigenvalue weighted by atomic mass is 16.3. The van der Waals surface area contributed by atoms with Gasteiger partial charge in [-0.25, -0.2) is 0 Å². The van der Waals surface area contributed by atoms with Crippen LogP contribution < -0.4 is 5.32 Å². The van der Waals surface area contributed by atoms with E-state index in [1.165, 1.54) is 6.08 Å². The first-order valence-corrected chi connectivity index (χ1v) is 5.97. The minimum atomic E-state index is -0.385. The number of nitrogens with one attached hydrogen (secondary N) is 1. The molecule has 1 amide bonds. The number of benzene rings is 1. The number of aliphatic hydroxyl groups is 1. The summed E-state index contributed by atoms with van der Waals surface area (Å²) in [5, 5.41) is 12.4. The van der Waals surface area contributed by atoms with Gasteiger partial charge < -0.3 is 10.4 Å². The normalized spacial score (nSPS) is 24.1. The third-order valence-corrected chi connectivity index (χ3v) is 3.03. The maximum absolute atomic E-state index is 11.6. The smallest absolute Gasteiger partial charge is 0.244 e. The molecule has 17 heavy (non-hydrogen) atoms. The Balaban J connectivity index is 1.87. The van der Waals surface area contributed by atoms with Crippen LogP contribution in [-0.4, -0.2) is 23.2 Å². The van der Waals surface area contributed by atoms with E-state index in [-0.39, 0.29) is 18.1 Å². The van der Waals surface area contributed by atoms with E-state index in [4.69, 9.17) is 0 Å². The number of rotatable bonds is 3. The molecule has 1 fully saturated rings. The van der Waals surface area contributed by atoms with E-state index in [0.717, 1.165) is 24.8 Å². The van der Waals surface area contributed by atoms with Gasteiger partial charge in [0.2, 0.25) is 5.91 Å². The maximum atomic E-state index is 11.6. The summed E-state index contributed by atoms with van der Waals surface area (Å²) in [5.41, 5.74) is 0.995. The van der Waals surface area contributed by atoms with Crippen LogP contribution in [0.3, 0.4) is 0 Å². The molecule has 1 aliphatic rings. The molecule has 0 heterocycles. The first-order valence-electron chi connectivity index (χ1n) is 5.97. The summed E-state index contributed by atoms with van der Waals surface area (Å²) in [5.74, 6) is -0.139. The zero-order chi connectivity index (χ0) is 12.1. The lowest BCUT2D eigenvalue weighted by molar-refractivity contribution is -0.117. The molecule has 1 saturated carbocycles. The monoisotopic (exact) mass is 231 g/mol. The summed E-state index contributed by atoms with van der Waals surface area (Å²) >= 11 is 0. The van der Waals surface area contributed by atoms with Crippen molar-refractivity contribution in [2.75, 3.05) is 0 Å². The van der Waals surface area contributed by atoms with Gasteiger partial charge in [0.25, 0.3) is 0 Å². The van der Waals surface area contributed by atoms with Gasteiger partial charge in [-0.15, -0.1) is 0 Å². The molecule has 0 aliphatic heterocycles. The molecular formula is C14H17NO2. The summed E-state index contributed by atoms with van der Waals surface area (Å²) in [4.78, 5) is 11.6. The summed E-state index contributed by atoms with van der Waals surface area (Å²) in [6.07, 6.45) is 5.54. The van der Waals surface area contributed by atoms with Gasteiger partial charge in [0.05, 0.1) is 12.1 Å². The van der Waals surface area contributed by atoms with Gasteiger partial charge in [0.1, 0.15) is 0 Å². The Labute approximate surface area is 101 Å². The summed E-state index contributed by atoms with van der Waals surface area (Å²) < 4.78 is 0. The number of carbonyl (C=O) groups is 1. The molecule has 0 spiro atoms. The quantitative estimate of drug-likeness (QED) is 0.778. The lowest BCUT2D eigenvalue weighted by atomic mass is 10.2. The summed E-state index contributed by atoms with van der Waals surface area (Å²) in [7, 11) is 0. The van der Waals surface area contributed by atoms with Crippen molar-refractivity contribution in [1.82, 2.24) is 5.32 Å². The van der Waals surface area contributed by atoms with E-state index in [1.54, 1.807) is 6.08 Å². The predicted molar refractivity (Wildman–Crippen MR) is 67.3 cm³/mol. The molecule has 2 unspecified atom stereocenters. The van der Waals surface area contributed by atoms with Crippen LogP contribution in [0.4, 0.5) is 0 Å². The Bertz CT molecular complexity index is 400. The molecule has 0 bridgehead atoms. The van der Waals surface area contributed by atoms with Crippen molar-refractivity contribution in [2.45, 2.75) is 31.4 Å². The second-order valence-electron chi connectivity index (χ2n) is 4.36. The second kappa shape index (κ2) is 5.64. The van der Waals surface area contributed by atoms with Crippen molar-refractivity contribution in [3.8, 4) is 0 Å². The molecule has 2 rings (SSSR count). The molecule has 3 nitrogen and oxygen atoms in total. The van der Waals surface area contributed by atoms with Crippen LogP contribution in [0.15, 0.2) is 36.4 Å². The minimum Gasteiger partial charge on any atom is -0.391 e. The molecule has 1 aromatic carbocycles. The van der Waals surface area contributed by atoms with Crippen molar-refractivity contribution in [3.63, 3.8) is 0 Å². The molecular weight excluding hydrogens is 214 g/mol. The first-order chi connectivity index (χ1) is 8.25. The van der Waals surface area contributed by atoms with E-state index >= 15 is 0 Å². The average molecular weight is 231 g/mol. The number of carbonyl (C=O) groups excluding carboxylic acids is 1. The van der Waals surface area contributed by atoms with Crippen LogP contribution in [0.1, 0.15) is 24.8 Å². The van der Waals surface area contributed by atoms with Gasteiger partial charge in [0.15, 0.2) is 0 Å². The number of amides is 1. The number of aliphatic hydroxyl groups excluding tert-OH is 1. The van der Waals surface area contributed by atoms with E-state index < -0.39 is 0 Å². The Kier molecular flexibility index (Phi) is 3.94. The van der Waals surface area contributed by atoms with Crippen molar-refractivity contribution >= 4 is 12.0 Å². The van der Waals surface area contributed by atoms with Crippen LogP contribution in [0.5, 0.6) is 0 Å². The Morgan fingerprint density at radius 3 is 2.71 bits per heavy atom. The molecule has 2 N–H and O–H groups in total. The predicted octanol–water partition coefficient (Wildman–Crippen LogP) is 1.73. The van der Waals surface area contributed by atoms with Gasteiger partial charge in [-0.05, 0) is 30.9 Å². The van der Waals surface area contributed by atoms with E-state index in [1.807, 2.05) is 30.3 Å². The van der Waals surface area contributed by atoms with Gasteiger partial charge >= 0.3 is 0 Å². The van der Waals surface area contributed by atoms with Gasteiger partial charge in [-0.1, -0.05) is 30.3 Å². The van der Waals surface area contributed by atoms with Crippen molar-refractivity contribution < 1.29 is 9.90 Å².